The number of amides is 1. The first-order chi connectivity index (χ1) is 14.5. The number of benzene rings is 1. The first-order valence-electron chi connectivity index (χ1n) is 10.4. The molecule has 0 unspecified atom stereocenters. The number of nitrogens with zero attached hydrogens (tertiary/aromatic N) is 5. The summed E-state index contributed by atoms with van der Waals surface area (Å²) in [6.45, 7) is 9.05. The minimum atomic E-state index is 0.184. The Bertz CT molecular complexity index is 1030. The van der Waals surface area contributed by atoms with Gasteiger partial charge in [-0.15, -0.1) is 0 Å². The molecule has 1 aliphatic heterocycles. The second-order valence-electron chi connectivity index (χ2n) is 7.83. The van der Waals surface area contributed by atoms with Crippen LogP contribution < -0.4 is 4.90 Å². The van der Waals surface area contributed by atoms with Crippen LogP contribution in [-0.2, 0) is 11.2 Å². The van der Waals surface area contributed by atoms with Crippen molar-refractivity contribution in [2.75, 3.05) is 31.1 Å². The fourth-order valence-corrected chi connectivity index (χ4v) is 3.69. The molecule has 3 heterocycles. The Hall–Kier alpha value is -3.28. The summed E-state index contributed by atoms with van der Waals surface area (Å²) < 4.78 is 0. The molecule has 1 aromatic carbocycles. The van der Waals surface area contributed by atoms with Crippen molar-refractivity contribution in [1.29, 1.82) is 0 Å². The van der Waals surface area contributed by atoms with E-state index in [0.717, 1.165) is 41.4 Å². The van der Waals surface area contributed by atoms with Crippen LogP contribution in [0, 0.1) is 20.8 Å². The van der Waals surface area contributed by atoms with Crippen molar-refractivity contribution < 1.29 is 4.79 Å². The Morgan fingerprint density at radius 2 is 1.67 bits per heavy atom. The molecule has 6 nitrogen and oxygen atoms in total. The Kier molecular flexibility index (Phi) is 5.74. The van der Waals surface area contributed by atoms with Gasteiger partial charge in [0, 0.05) is 43.6 Å². The van der Waals surface area contributed by atoms with Crippen molar-refractivity contribution in [3.63, 3.8) is 0 Å². The zero-order valence-electron chi connectivity index (χ0n) is 17.8. The maximum absolute atomic E-state index is 12.7. The monoisotopic (exact) mass is 401 g/mol. The van der Waals surface area contributed by atoms with Gasteiger partial charge in [-0.3, -0.25) is 9.78 Å². The summed E-state index contributed by atoms with van der Waals surface area (Å²) in [5.41, 5.74) is 5.08. The third-order valence-electron chi connectivity index (χ3n) is 5.67. The molecule has 6 heteroatoms. The molecular weight excluding hydrogens is 374 g/mol. The highest BCUT2D eigenvalue weighted by atomic mass is 16.2. The second kappa shape index (κ2) is 8.61. The molecule has 0 atom stereocenters. The quantitative estimate of drug-likeness (QED) is 0.671. The Balaban J connectivity index is 1.45. The summed E-state index contributed by atoms with van der Waals surface area (Å²) in [7, 11) is 0. The molecule has 0 aliphatic carbocycles. The molecule has 1 amide bonds. The minimum absolute atomic E-state index is 0.184. The van der Waals surface area contributed by atoms with Crippen molar-refractivity contribution in [3.8, 4) is 11.5 Å². The Labute approximate surface area is 177 Å². The van der Waals surface area contributed by atoms with E-state index >= 15 is 0 Å². The summed E-state index contributed by atoms with van der Waals surface area (Å²) in [5, 5.41) is 0. The summed E-state index contributed by atoms with van der Waals surface area (Å²) in [6, 6.07) is 13.9. The standard InChI is InChI=1S/C24H27N5O/c1-17-7-9-20(10-8-17)16-22(30)28-12-14-29(15-13-28)24-18(2)19(3)26-23(27-24)21-6-4-5-11-25-21/h4-11H,12-16H2,1-3H3. The topological polar surface area (TPSA) is 62.2 Å². The van der Waals surface area contributed by atoms with E-state index in [1.54, 1.807) is 6.20 Å². The van der Waals surface area contributed by atoms with E-state index in [0.29, 0.717) is 25.3 Å². The van der Waals surface area contributed by atoms with Gasteiger partial charge in [0.15, 0.2) is 5.82 Å². The number of hydrogen-bond donors (Lipinski definition) is 0. The highest BCUT2D eigenvalue weighted by Crippen LogP contribution is 2.24. The van der Waals surface area contributed by atoms with E-state index in [9.17, 15) is 4.79 Å². The molecule has 0 N–H and O–H groups in total. The summed E-state index contributed by atoms with van der Waals surface area (Å²) >= 11 is 0. The SMILES string of the molecule is Cc1ccc(CC(=O)N2CCN(c3nc(-c4ccccn4)nc(C)c3C)CC2)cc1. The smallest absolute Gasteiger partial charge is 0.227 e. The molecule has 0 bridgehead atoms. The highest BCUT2D eigenvalue weighted by molar-refractivity contribution is 5.79. The van der Waals surface area contributed by atoms with Crippen molar-refractivity contribution in [2.45, 2.75) is 27.2 Å². The van der Waals surface area contributed by atoms with Gasteiger partial charge in [-0.05, 0) is 38.5 Å². The average molecular weight is 402 g/mol. The van der Waals surface area contributed by atoms with Crippen LogP contribution in [0.2, 0.25) is 0 Å². The number of hydrogen-bond acceptors (Lipinski definition) is 5. The predicted octanol–water partition coefficient (Wildman–Crippen LogP) is 3.36. The first kappa shape index (κ1) is 20.0. The van der Waals surface area contributed by atoms with Gasteiger partial charge in [0.1, 0.15) is 11.5 Å². The second-order valence-corrected chi connectivity index (χ2v) is 7.83. The van der Waals surface area contributed by atoms with Crippen LogP contribution in [0.15, 0.2) is 48.7 Å². The maximum atomic E-state index is 12.7. The highest BCUT2D eigenvalue weighted by Gasteiger charge is 2.24. The zero-order chi connectivity index (χ0) is 21.1. The van der Waals surface area contributed by atoms with E-state index < -0.39 is 0 Å². The molecule has 2 aromatic heterocycles. The van der Waals surface area contributed by atoms with Crippen LogP contribution in [0.4, 0.5) is 5.82 Å². The lowest BCUT2D eigenvalue weighted by atomic mass is 10.1. The van der Waals surface area contributed by atoms with Crippen molar-refractivity contribution in [3.05, 3.63) is 71.0 Å². The van der Waals surface area contributed by atoms with E-state index in [1.807, 2.05) is 42.2 Å². The number of carbonyl (C=O) groups is 1. The summed E-state index contributed by atoms with van der Waals surface area (Å²) in [5.74, 6) is 1.77. The fraction of sp³-hybridized carbons (Fsp3) is 0.333. The van der Waals surface area contributed by atoms with Crippen LogP contribution in [0.25, 0.3) is 11.5 Å². The zero-order valence-corrected chi connectivity index (χ0v) is 17.8. The maximum Gasteiger partial charge on any atom is 0.227 e. The molecular formula is C24H27N5O. The number of piperazine rings is 1. The van der Waals surface area contributed by atoms with Crippen LogP contribution in [0.5, 0.6) is 0 Å². The van der Waals surface area contributed by atoms with Gasteiger partial charge in [-0.1, -0.05) is 35.9 Å². The number of pyridine rings is 1. The van der Waals surface area contributed by atoms with Crippen LogP contribution in [0.1, 0.15) is 22.4 Å². The van der Waals surface area contributed by atoms with Crippen molar-refractivity contribution >= 4 is 11.7 Å². The summed E-state index contributed by atoms with van der Waals surface area (Å²) in [6.07, 6.45) is 2.21. The third kappa shape index (κ3) is 4.32. The van der Waals surface area contributed by atoms with E-state index in [4.69, 9.17) is 4.98 Å². The van der Waals surface area contributed by atoms with Gasteiger partial charge in [0.25, 0.3) is 0 Å². The summed E-state index contributed by atoms with van der Waals surface area (Å²) in [4.78, 5) is 30.8. The molecule has 0 radical (unpaired) electrons. The Morgan fingerprint density at radius 1 is 0.933 bits per heavy atom. The van der Waals surface area contributed by atoms with Gasteiger partial charge in [0.2, 0.25) is 5.91 Å². The third-order valence-corrected chi connectivity index (χ3v) is 5.67. The number of aromatic nitrogens is 3. The van der Waals surface area contributed by atoms with Gasteiger partial charge >= 0.3 is 0 Å². The average Bonchev–Trinajstić information content (AvgIpc) is 2.78. The molecule has 1 aliphatic rings. The lowest BCUT2D eigenvalue weighted by Gasteiger charge is -2.36. The molecule has 0 spiro atoms. The lowest BCUT2D eigenvalue weighted by molar-refractivity contribution is -0.130. The van der Waals surface area contributed by atoms with E-state index in [1.165, 1.54) is 5.56 Å². The van der Waals surface area contributed by atoms with Crippen LogP contribution in [-0.4, -0.2) is 51.9 Å². The number of anilines is 1. The van der Waals surface area contributed by atoms with E-state index in [2.05, 4.69) is 40.8 Å². The van der Waals surface area contributed by atoms with Crippen molar-refractivity contribution in [1.82, 2.24) is 19.9 Å². The molecule has 1 fully saturated rings. The van der Waals surface area contributed by atoms with Gasteiger partial charge in [-0.2, -0.15) is 0 Å². The largest absolute Gasteiger partial charge is 0.353 e. The van der Waals surface area contributed by atoms with E-state index in [-0.39, 0.29) is 5.91 Å². The van der Waals surface area contributed by atoms with Crippen LogP contribution in [0.3, 0.4) is 0 Å². The molecule has 30 heavy (non-hydrogen) atoms. The molecule has 0 saturated carbocycles. The van der Waals surface area contributed by atoms with Gasteiger partial charge < -0.3 is 9.80 Å². The first-order valence-corrected chi connectivity index (χ1v) is 10.4. The molecule has 154 valence electrons. The Morgan fingerprint density at radius 3 is 2.33 bits per heavy atom. The normalized spacial score (nSPS) is 14.1. The van der Waals surface area contributed by atoms with Crippen LogP contribution >= 0.6 is 0 Å². The number of rotatable bonds is 4. The molecule has 4 rings (SSSR count). The fourth-order valence-electron chi connectivity index (χ4n) is 3.69. The number of aryl methyl sites for hydroxylation is 2. The molecule has 1 saturated heterocycles. The van der Waals surface area contributed by atoms with Crippen molar-refractivity contribution in [2.24, 2.45) is 0 Å². The predicted molar refractivity (Wildman–Crippen MR) is 118 cm³/mol. The minimum Gasteiger partial charge on any atom is -0.353 e. The van der Waals surface area contributed by atoms with Gasteiger partial charge in [0.05, 0.1) is 6.42 Å². The molecule has 3 aromatic rings. The lowest BCUT2D eigenvalue weighted by Crippen LogP contribution is -2.49. The van der Waals surface area contributed by atoms with Gasteiger partial charge in [-0.25, -0.2) is 9.97 Å². The number of carbonyl (C=O) groups excluding carboxylic acids is 1.